The number of benzene rings is 3. The van der Waals surface area contributed by atoms with E-state index in [4.69, 9.17) is 18.9 Å². The Hall–Kier alpha value is -4.33. The lowest BCUT2D eigenvalue weighted by Crippen LogP contribution is -2.13. The summed E-state index contributed by atoms with van der Waals surface area (Å²) in [4.78, 5) is 20.5. The van der Waals surface area contributed by atoms with Gasteiger partial charge in [-0.15, -0.1) is 0 Å². The summed E-state index contributed by atoms with van der Waals surface area (Å²) in [6.07, 6.45) is 0.882. The zero-order valence-electron chi connectivity index (χ0n) is 17.6. The second kappa shape index (κ2) is 9.65. The number of methoxy groups -OCH3 is 2. The van der Waals surface area contributed by atoms with Crippen LogP contribution in [0.1, 0.15) is 5.56 Å². The molecule has 0 unspecified atom stereocenters. The number of amides is 1. The van der Waals surface area contributed by atoms with Crippen LogP contribution in [0.4, 0.5) is 10.5 Å². The largest absolute Gasteiger partial charge is 0.493 e. The second-order valence-electron chi connectivity index (χ2n) is 6.72. The van der Waals surface area contributed by atoms with E-state index in [1.807, 2.05) is 30.3 Å². The summed E-state index contributed by atoms with van der Waals surface area (Å²) in [6, 6.07) is 19.9. The molecule has 3 aromatic carbocycles. The van der Waals surface area contributed by atoms with Crippen molar-refractivity contribution in [2.45, 2.75) is 6.61 Å². The van der Waals surface area contributed by atoms with E-state index in [9.17, 15) is 4.79 Å². The maximum atomic E-state index is 12.0. The minimum atomic E-state index is -0.537. The molecule has 0 fully saturated rings. The zero-order chi connectivity index (χ0) is 22.3. The Morgan fingerprint density at radius 3 is 2.34 bits per heavy atom. The van der Waals surface area contributed by atoms with E-state index in [1.54, 1.807) is 50.6 Å². The Kier molecular flexibility index (Phi) is 6.31. The Balaban J connectivity index is 1.43. The topological polar surface area (TPSA) is 91.8 Å². The molecule has 1 amide bonds. The summed E-state index contributed by atoms with van der Waals surface area (Å²) >= 11 is 0. The summed E-state index contributed by atoms with van der Waals surface area (Å²) in [6.45, 7) is 0.197. The van der Waals surface area contributed by atoms with Gasteiger partial charge >= 0.3 is 6.09 Å². The third-order valence-corrected chi connectivity index (χ3v) is 4.63. The van der Waals surface area contributed by atoms with Gasteiger partial charge < -0.3 is 18.9 Å². The first-order chi connectivity index (χ1) is 15.7. The first-order valence-electron chi connectivity index (χ1n) is 9.78. The number of carbonyl (C=O) groups is 1. The Morgan fingerprint density at radius 1 is 0.906 bits per heavy atom. The van der Waals surface area contributed by atoms with Crippen LogP contribution in [-0.4, -0.2) is 30.3 Å². The molecule has 162 valence electrons. The number of hydrogen-bond donors (Lipinski definition) is 1. The van der Waals surface area contributed by atoms with Gasteiger partial charge in [0.1, 0.15) is 18.7 Å². The van der Waals surface area contributed by atoms with E-state index < -0.39 is 6.09 Å². The lowest BCUT2D eigenvalue weighted by atomic mass is 10.2. The van der Waals surface area contributed by atoms with Crippen LogP contribution in [0.15, 0.2) is 73.1 Å². The van der Waals surface area contributed by atoms with Crippen LogP contribution >= 0.6 is 0 Å². The van der Waals surface area contributed by atoms with E-state index in [2.05, 4.69) is 15.3 Å². The lowest BCUT2D eigenvalue weighted by Gasteiger charge is -2.12. The second-order valence-corrected chi connectivity index (χ2v) is 6.72. The molecule has 0 aliphatic carbocycles. The average molecular weight is 431 g/mol. The zero-order valence-corrected chi connectivity index (χ0v) is 17.6. The lowest BCUT2D eigenvalue weighted by molar-refractivity contribution is 0.155. The number of aromatic nitrogens is 2. The van der Waals surface area contributed by atoms with Crippen molar-refractivity contribution in [3.8, 4) is 23.1 Å². The fraction of sp³-hybridized carbons (Fsp3) is 0.125. The van der Waals surface area contributed by atoms with Crippen LogP contribution in [0.3, 0.4) is 0 Å². The maximum Gasteiger partial charge on any atom is 0.411 e. The summed E-state index contributed by atoms with van der Waals surface area (Å²) in [5, 5.41) is 3.37. The fourth-order valence-corrected chi connectivity index (χ4v) is 3.04. The monoisotopic (exact) mass is 431 g/mol. The molecule has 0 aliphatic rings. The number of fused-ring (bicyclic) bond motifs is 1. The predicted octanol–water partition coefficient (Wildman–Crippen LogP) is 5.19. The van der Waals surface area contributed by atoms with Crippen molar-refractivity contribution in [3.63, 3.8) is 0 Å². The van der Waals surface area contributed by atoms with E-state index in [1.165, 1.54) is 6.33 Å². The normalized spacial score (nSPS) is 10.4. The maximum absolute atomic E-state index is 12.0. The quantitative estimate of drug-likeness (QED) is 0.431. The smallest absolute Gasteiger partial charge is 0.411 e. The van der Waals surface area contributed by atoms with Crippen molar-refractivity contribution < 1.29 is 23.7 Å². The number of nitrogens with zero attached hydrogens (tertiary/aromatic N) is 2. The highest BCUT2D eigenvalue weighted by molar-refractivity contribution is 5.87. The van der Waals surface area contributed by atoms with Gasteiger partial charge in [0.25, 0.3) is 0 Å². The summed E-state index contributed by atoms with van der Waals surface area (Å²) < 4.78 is 21.8. The molecule has 0 atom stereocenters. The van der Waals surface area contributed by atoms with Gasteiger partial charge in [-0.2, -0.15) is 0 Å². The minimum Gasteiger partial charge on any atom is -0.493 e. The van der Waals surface area contributed by atoms with Gasteiger partial charge in [-0.3, -0.25) is 5.32 Å². The summed E-state index contributed by atoms with van der Waals surface area (Å²) in [7, 11) is 3.12. The Bertz CT molecular complexity index is 1210. The van der Waals surface area contributed by atoms with Gasteiger partial charge in [0.05, 0.1) is 25.1 Å². The molecule has 0 spiro atoms. The van der Waals surface area contributed by atoms with Crippen molar-refractivity contribution in [1.82, 2.24) is 9.97 Å². The van der Waals surface area contributed by atoms with Crippen LogP contribution in [0, 0.1) is 0 Å². The number of ether oxygens (including phenoxy) is 4. The molecule has 1 N–H and O–H groups in total. The summed E-state index contributed by atoms with van der Waals surface area (Å²) in [5.74, 6) is 2.04. The van der Waals surface area contributed by atoms with E-state index in [-0.39, 0.29) is 6.61 Å². The van der Waals surface area contributed by atoms with Crippen molar-refractivity contribution in [2.75, 3.05) is 19.5 Å². The number of nitrogens with one attached hydrogen (secondary N) is 1. The molecule has 0 aliphatic heterocycles. The van der Waals surface area contributed by atoms with Crippen LogP contribution in [0.25, 0.3) is 10.9 Å². The van der Waals surface area contributed by atoms with Gasteiger partial charge in [-0.25, -0.2) is 14.8 Å². The molecule has 32 heavy (non-hydrogen) atoms. The molecule has 4 aromatic rings. The standard InChI is InChI=1S/C24H21N3O5/c1-29-21-12-19-20(13-22(21)30-2)25-15-26-23(19)32-18-10-8-17(9-11-18)27-24(28)31-14-16-6-4-3-5-7-16/h3-13,15H,14H2,1-2H3,(H,27,28). The highest BCUT2D eigenvalue weighted by Gasteiger charge is 2.12. The molecule has 8 heteroatoms. The fourth-order valence-electron chi connectivity index (χ4n) is 3.04. The molecule has 8 nitrogen and oxygen atoms in total. The van der Waals surface area contributed by atoms with Crippen molar-refractivity contribution in [3.05, 3.63) is 78.6 Å². The molecule has 1 aromatic heterocycles. The van der Waals surface area contributed by atoms with Gasteiger partial charge in [0, 0.05) is 11.8 Å². The number of anilines is 1. The van der Waals surface area contributed by atoms with Gasteiger partial charge in [0.2, 0.25) is 5.88 Å². The molecular weight excluding hydrogens is 410 g/mol. The molecule has 0 saturated carbocycles. The Labute approximate surface area is 184 Å². The van der Waals surface area contributed by atoms with E-state index in [0.29, 0.717) is 39.7 Å². The van der Waals surface area contributed by atoms with Crippen LogP contribution in [0.5, 0.6) is 23.1 Å². The molecule has 0 bridgehead atoms. The van der Waals surface area contributed by atoms with Gasteiger partial charge in [-0.05, 0) is 35.9 Å². The van der Waals surface area contributed by atoms with E-state index >= 15 is 0 Å². The minimum absolute atomic E-state index is 0.197. The molecule has 0 saturated heterocycles. The highest BCUT2D eigenvalue weighted by atomic mass is 16.5. The van der Waals surface area contributed by atoms with Crippen LogP contribution < -0.4 is 19.5 Å². The summed E-state index contributed by atoms with van der Waals surface area (Å²) in [5.41, 5.74) is 2.15. The van der Waals surface area contributed by atoms with Gasteiger partial charge in [0.15, 0.2) is 11.5 Å². The molecule has 1 heterocycles. The third kappa shape index (κ3) is 4.86. The first kappa shape index (κ1) is 20.9. The first-order valence-corrected chi connectivity index (χ1v) is 9.78. The molecule has 0 radical (unpaired) electrons. The number of rotatable bonds is 7. The van der Waals surface area contributed by atoms with Crippen molar-refractivity contribution in [2.24, 2.45) is 0 Å². The van der Waals surface area contributed by atoms with Crippen molar-refractivity contribution in [1.29, 1.82) is 0 Å². The third-order valence-electron chi connectivity index (χ3n) is 4.63. The molecule has 4 rings (SSSR count). The highest BCUT2D eigenvalue weighted by Crippen LogP contribution is 2.35. The van der Waals surface area contributed by atoms with Crippen LogP contribution in [-0.2, 0) is 11.3 Å². The van der Waals surface area contributed by atoms with Crippen molar-refractivity contribution >= 4 is 22.7 Å². The average Bonchev–Trinajstić information content (AvgIpc) is 2.84. The molecular formula is C24H21N3O5. The predicted molar refractivity (Wildman–Crippen MR) is 119 cm³/mol. The Morgan fingerprint density at radius 2 is 1.62 bits per heavy atom. The SMILES string of the molecule is COc1cc2ncnc(Oc3ccc(NC(=O)OCc4ccccc4)cc3)c2cc1OC. The van der Waals surface area contributed by atoms with Crippen LogP contribution in [0.2, 0.25) is 0 Å². The number of carbonyl (C=O) groups excluding carboxylic acids is 1. The van der Waals surface area contributed by atoms with E-state index in [0.717, 1.165) is 5.56 Å². The van der Waals surface area contributed by atoms with Gasteiger partial charge in [-0.1, -0.05) is 30.3 Å². The number of hydrogen-bond acceptors (Lipinski definition) is 7.